The van der Waals surface area contributed by atoms with Crippen molar-refractivity contribution < 1.29 is 23.5 Å². The van der Waals surface area contributed by atoms with Crippen molar-refractivity contribution in [1.29, 1.82) is 0 Å². The molecule has 0 heterocycles. The first-order valence-electron chi connectivity index (χ1n) is 14.5. The van der Waals surface area contributed by atoms with Crippen LogP contribution >= 0.6 is 0 Å². The van der Waals surface area contributed by atoms with Gasteiger partial charge in [-0.2, -0.15) is 0 Å². The normalized spacial score (nSPS) is 13.4. The number of nitrogens with one attached hydrogen (secondary N) is 2. The van der Waals surface area contributed by atoms with E-state index < -0.39 is 29.7 Å². The highest BCUT2D eigenvalue weighted by Crippen LogP contribution is 2.21. The molecule has 0 aliphatic heterocycles. The number of aryl methyl sites for hydroxylation is 2. The van der Waals surface area contributed by atoms with Crippen molar-refractivity contribution in [2.45, 2.75) is 78.5 Å². The van der Waals surface area contributed by atoms with Gasteiger partial charge in [-0.25, -0.2) is 8.78 Å². The van der Waals surface area contributed by atoms with Crippen LogP contribution in [-0.4, -0.2) is 35.5 Å². The topological polar surface area (TPSA) is 78.4 Å². The summed E-state index contributed by atoms with van der Waals surface area (Å²) in [6, 6.07) is 15.5. The number of aliphatic hydroxyl groups is 1. The fourth-order valence-electron chi connectivity index (χ4n) is 5.15. The van der Waals surface area contributed by atoms with E-state index in [4.69, 9.17) is 0 Å². The number of ketones is 1. The second-order valence-corrected chi connectivity index (χ2v) is 10.8. The second-order valence-electron chi connectivity index (χ2n) is 10.8. The van der Waals surface area contributed by atoms with Crippen LogP contribution in [0, 0.1) is 24.5 Å². The molecule has 5 nitrogen and oxygen atoms in total. The number of amides is 1. The summed E-state index contributed by atoms with van der Waals surface area (Å²) < 4.78 is 27.9. The van der Waals surface area contributed by atoms with E-state index in [1.807, 2.05) is 32.9 Å². The van der Waals surface area contributed by atoms with Crippen molar-refractivity contribution in [3.8, 4) is 0 Å². The molecular weight excluding hydrogens is 522 g/mol. The van der Waals surface area contributed by atoms with Crippen LogP contribution in [0.1, 0.15) is 83.0 Å². The van der Waals surface area contributed by atoms with E-state index in [1.54, 1.807) is 18.2 Å². The molecule has 3 rings (SSSR count). The minimum atomic E-state index is -1.06. The number of rotatable bonds is 15. The molecule has 0 saturated carbocycles. The second kappa shape index (κ2) is 15.5. The maximum absolute atomic E-state index is 13.9. The Morgan fingerprint density at radius 3 is 2.22 bits per heavy atom. The quantitative estimate of drug-likeness (QED) is 0.188. The Morgan fingerprint density at radius 1 is 0.878 bits per heavy atom. The average Bonchev–Trinajstić information content (AvgIpc) is 2.94. The number of benzene rings is 3. The summed E-state index contributed by atoms with van der Waals surface area (Å²) >= 11 is 0. The number of aliphatic hydroxyl groups excluding tert-OH is 1. The third-order valence-electron chi connectivity index (χ3n) is 7.37. The predicted octanol–water partition coefficient (Wildman–Crippen LogP) is 6.34. The predicted molar refractivity (Wildman–Crippen MR) is 159 cm³/mol. The number of Topliss-reactive ketones (excluding diaryl/α,β-unsaturated/α-hetero) is 1. The largest absolute Gasteiger partial charge is 0.390 e. The molecule has 3 aromatic carbocycles. The molecule has 0 radical (unpaired) electrons. The maximum atomic E-state index is 13.9. The lowest BCUT2D eigenvalue weighted by Gasteiger charge is -2.25. The lowest BCUT2D eigenvalue weighted by atomic mass is 9.90. The van der Waals surface area contributed by atoms with Gasteiger partial charge < -0.3 is 15.7 Å². The molecule has 41 heavy (non-hydrogen) atoms. The van der Waals surface area contributed by atoms with Gasteiger partial charge in [0.05, 0.1) is 12.1 Å². The van der Waals surface area contributed by atoms with Crippen molar-refractivity contribution in [3.05, 3.63) is 106 Å². The van der Waals surface area contributed by atoms with Crippen molar-refractivity contribution in [2.24, 2.45) is 5.92 Å². The lowest BCUT2D eigenvalue weighted by Crippen LogP contribution is -2.48. The molecule has 1 amide bonds. The monoisotopic (exact) mass is 564 g/mol. The van der Waals surface area contributed by atoms with Gasteiger partial charge in [0.15, 0.2) is 5.78 Å². The van der Waals surface area contributed by atoms with E-state index in [0.29, 0.717) is 23.2 Å². The van der Waals surface area contributed by atoms with Crippen LogP contribution in [-0.2, 0) is 19.4 Å². The van der Waals surface area contributed by atoms with Crippen LogP contribution < -0.4 is 10.6 Å². The van der Waals surface area contributed by atoms with Crippen LogP contribution in [0.2, 0.25) is 0 Å². The summed E-state index contributed by atoms with van der Waals surface area (Å²) in [7, 11) is 0. The molecule has 0 aliphatic rings. The lowest BCUT2D eigenvalue weighted by molar-refractivity contribution is 0.0829. The molecule has 3 N–H and O–H groups in total. The molecular formula is C34H42F2N2O3. The van der Waals surface area contributed by atoms with Crippen LogP contribution in [0.15, 0.2) is 60.7 Å². The molecule has 0 aromatic heterocycles. The molecule has 0 bridgehead atoms. The van der Waals surface area contributed by atoms with Crippen LogP contribution in [0.3, 0.4) is 0 Å². The maximum Gasteiger partial charge on any atom is 0.251 e. The molecule has 0 fully saturated rings. The number of hydrogen-bond acceptors (Lipinski definition) is 4. The Balaban J connectivity index is 1.80. The molecule has 220 valence electrons. The number of halogens is 2. The first kappa shape index (κ1) is 32.1. The fourth-order valence-corrected chi connectivity index (χ4v) is 5.15. The Morgan fingerprint density at radius 2 is 1.56 bits per heavy atom. The molecule has 3 aromatic rings. The SMILES string of the molecule is CCCC(CC)C(=O)c1cc(C)cc(C(=O)NC(Cc2cc(F)cc(F)c2)C(O)CNCc2cccc(CC)c2)c1. The molecule has 7 heteroatoms. The van der Waals surface area contributed by atoms with Gasteiger partial charge in [0, 0.05) is 36.2 Å². The van der Waals surface area contributed by atoms with E-state index in [0.717, 1.165) is 42.9 Å². The zero-order chi connectivity index (χ0) is 29.9. The Hall–Kier alpha value is -3.42. The summed E-state index contributed by atoms with van der Waals surface area (Å²) in [5, 5.41) is 17.2. The van der Waals surface area contributed by atoms with Gasteiger partial charge in [-0.05, 0) is 85.2 Å². The summed E-state index contributed by atoms with van der Waals surface area (Å²) in [4.78, 5) is 26.6. The van der Waals surface area contributed by atoms with E-state index in [-0.39, 0.29) is 24.7 Å². The minimum absolute atomic E-state index is 0.00950. The Labute approximate surface area is 242 Å². The van der Waals surface area contributed by atoms with Gasteiger partial charge in [-0.1, -0.05) is 51.5 Å². The zero-order valence-corrected chi connectivity index (χ0v) is 24.5. The summed E-state index contributed by atoms with van der Waals surface area (Å²) in [5.74, 6) is -2.03. The molecule has 3 atom stereocenters. The van der Waals surface area contributed by atoms with Gasteiger partial charge in [0.25, 0.3) is 5.91 Å². The summed E-state index contributed by atoms with van der Waals surface area (Å²) in [6.45, 7) is 8.59. The van der Waals surface area contributed by atoms with Gasteiger partial charge >= 0.3 is 0 Å². The van der Waals surface area contributed by atoms with E-state index in [1.165, 1.54) is 17.7 Å². The summed E-state index contributed by atoms with van der Waals surface area (Å²) in [5.41, 5.74) is 4.14. The Kier molecular flexibility index (Phi) is 12.2. The minimum Gasteiger partial charge on any atom is -0.390 e. The van der Waals surface area contributed by atoms with Crippen LogP contribution in [0.25, 0.3) is 0 Å². The Bertz CT molecular complexity index is 1310. The summed E-state index contributed by atoms with van der Waals surface area (Å²) in [6.07, 6.45) is 2.26. The first-order chi connectivity index (χ1) is 19.6. The van der Waals surface area contributed by atoms with E-state index in [9.17, 15) is 23.5 Å². The number of carbonyl (C=O) groups excluding carboxylic acids is 2. The molecule has 3 unspecified atom stereocenters. The van der Waals surface area contributed by atoms with Gasteiger partial charge in [0.2, 0.25) is 0 Å². The van der Waals surface area contributed by atoms with Gasteiger partial charge in [-0.15, -0.1) is 0 Å². The number of hydrogen-bond donors (Lipinski definition) is 3. The van der Waals surface area contributed by atoms with Gasteiger partial charge in [-0.3, -0.25) is 9.59 Å². The molecule has 0 saturated heterocycles. The average molecular weight is 565 g/mol. The smallest absolute Gasteiger partial charge is 0.251 e. The van der Waals surface area contributed by atoms with Crippen molar-refractivity contribution in [3.63, 3.8) is 0 Å². The zero-order valence-electron chi connectivity index (χ0n) is 24.5. The fraction of sp³-hybridized carbons (Fsp3) is 0.412. The highest BCUT2D eigenvalue weighted by Gasteiger charge is 2.25. The van der Waals surface area contributed by atoms with Crippen molar-refractivity contribution >= 4 is 11.7 Å². The standard InChI is InChI=1S/C34H42F2N2O3/c1-5-9-26(7-3)33(40)27-12-22(4)13-28(18-27)34(41)38-31(17-25-15-29(35)19-30(36)16-25)32(39)21-37-20-24-11-8-10-23(6-2)14-24/h8,10-16,18-19,26,31-32,37,39H,5-7,9,17,20-21H2,1-4H3,(H,38,41). The molecule has 0 aliphatic carbocycles. The van der Waals surface area contributed by atoms with E-state index in [2.05, 4.69) is 29.7 Å². The third-order valence-corrected chi connectivity index (χ3v) is 7.37. The van der Waals surface area contributed by atoms with Crippen LogP contribution in [0.5, 0.6) is 0 Å². The highest BCUT2D eigenvalue weighted by molar-refractivity contribution is 6.02. The van der Waals surface area contributed by atoms with Gasteiger partial charge in [0.1, 0.15) is 11.6 Å². The highest BCUT2D eigenvalue weighted by atomic mass is 19.1. The third kappa shape index (κ3) is 9.58. The van der Waals surface area contributed by atoms with Crippen molar-refractivity contribution in [2.75, 3.05) is 6.54 Å². The van der Waals surface area contributed by atoms with Crippen molar-refractivity contribution in [1.82, 2.24) is 10.6 Å². The molecule has 0 spiro atoms. The van der Waals surface area contributed by atoms with Crippen LogP contribution in [0.4, 0.5) is 8.78 Å². The first-order valence-corrected chi connectivity index (χ1v) is 14.5. The van der Waals surface area contributed by atoms with E-state index >= 15 is 0 Å². The number of carbonyl (C=O) groups is 2.